The lowest BCUT2D eigenvalue weighted by atomic mass is 11.2. The van der Waals surface area contributed by atoms with Gasteiger partial charge in [-0.25, -0.2) is 4.79 Å². The van der Waals surface area contributed by atoms with Crippen LogP contribution in [0.25, 0.3) is 0 Å². The van der Waals surface area contributed by atoms with Crippen molar-refractivity contribution in [2.24, 2.45) is 4.99 Å². The number of ether oxygens (including phenoxy) is 1. The van der Waals surface area contributed by atoms with E-state index in [4.69, 9.17) is 5.26 Å². The van der Waals surface area contributed by atoms with Crippen LogP contribution in [0, 0.1) is 11.5 Å². The Morgan fingerprint density at radius 2 is 2.10 bits per heavy atom. The summed E-state index contributed by atoms with van der Waals surface area (Å²) < 4.78 is 3.95. The Bertz CT molecular complexity index is 131. The van der Waals surface area contributed by atoms with Gasteiger partial charge in [0.1, 0.15) is 0 Å². The zero-order chi connectivity index (χ0) is 5.54. The third-order valence-corrected chi connectivity index (χ3v) is 0.258. The molecule has 0 radical (unpaired) electrons. The molecule has 0 heterocycles. The summed E-state index contributed by atoms with van der Waals surface area (Å²) in [7, 11) is 0. The molecule has 0 unspecified atom stereocenters. The van der Waals surface area contributed by atoms with E-state index in [-0.39, 0.29) is 47.0 Å². The fourth-order valence-corrected chi connectivity index (χ4v) is 0.0875. The summed E-state index contributed by atoms with van der Waals surface area (Å²) in [6, 6.07) is 0. The van der Waals surface area contributed by atoms with Gasteiger partial charge in [0.2, 0.25) is 12.8 Å². The highest BCUT2D eigenvalue weighted by Gasteiger charge is 1.69. The zero-order valence-corrected chi connectivity index (χ0v) is 6.16. The van der Waals surface area contributed by atoms with E-state index >= 15 is 0 Å². The molecule has 0 aromatic heterocycles. The van der Waals surface area contributed by atoms with Gasteiger partial charge in [-0.15, -0.1) is 24.0 Å². The second-order valence-electron chi connectivity index (χ2n) is 0.614. The maximum absolute atomic E-state index is 9.20. The smallest absolute Gasteiger partial charge is 0.288 e. The first kappa shape index (κ1) is 22.7. The molecule has 0 aromatic rings. The van der Waals surface area contributed by atoms with Crippen molar-refractivity contribution >= 4 is 30.1 Å². The molecule has 0 fully saturated rings. The topological polar surface area (TPSA) is 62.4 Å². The second kappa shape index (κ2) is 23.8. The van der Waals surface area contributed by atoms with Crippen molar-refractivity contribution in [1.29, 1.82) is 5.26 Å². The largest absolute Gasteiger partial charge is 0.403 e. The maximum atomic E-state index is 9.20. The number of halogens is 1. The molecule has 0 aromatic carbocycles. The molecule has 0 amide bonds. The van der Waals surface area contributed by atoms with Crippen LogP contribution in [0.5, 0.6) is 0 Å². The minimum Gasteiger partial charge on any atom is -0.403 e. The average molecular weight is 260 g/mol. The van der Waals surface area contributed by atoms with Crippen LogP contribution in [0.1, 0.15) is 16.3 Å². The fourth-order valence-electron chi connectivity index (χ4n) is 0.0875. The summed E-state index contributed by atoms with van der Waals surface area (Å²) in [5.74, 6) is 0. The molecule has 0 bridgehead atoms. The molecular formula is C5H13IN2O2. The maximum Gasteiger partial charge on any atom is 0.288 e. The van der Waals surface area contributed by atoms with E-state index in [1.54, 1.807) is 0 Å². The fraction of sp³-hybridized carbons (Fsp3) is 0.600. The van der Waals surface area contributed by atoms with Gasteiger partial charge in [-0.1, -0.05) is 14.9 Å². The van der Waals surface area contributed by atoms with Crippen molar-refractivity contribution < 1.29 is 11.0 Å². The Hall–Kier alpha value is -0.600. The normalized spacial score (nSPS) is 3.90. The lowest BCUT2D eigenvalue weighted by Gasteiger charge is -1.77. The van der Waals surface area contributed by atoms with Crippen molar-refractivity contribution in [3.63, 3.8) is 0 Å². The number of aliphatic imine (C=N–C) groups is 1. The van der Waals surface area contributed by atoms with Gasteiger partial charge in [-0.2, -0.15) is 10.3 Å². The van der Waals surface area contributed by atoms with Gasteiger partial charge in [0.15, 0.2) is 0 Å². The number of hydrogen-bond acceptors (Lipinski definition) is 4. The number of hydrogen-bond donors (Lipinski definition) is 0. The SMILES string of the molecule is C.C.I.N#COCN=C=O.[HH]. The van der Waals surface area contributed by atoms with Crippen LogP contribution in [0.4, 0.5) is 0 Å². The number of carbonyl (C=O) groups excluding carboxylic acids is 1. The van der Waals surface area contributed by atoms with E-state index in [1.165, 1.54) is 12.3 Å². The van der Waals surface area contributed by atoms with Gasteiger partial charge >= 0.3 is 0 Å². The third-order valence-electron chi connectivity index (χ3n) is 0.258. The highest BCUT2D eigenvalue weighted by Crippen LogP contribution is 1.65. The van der Waals surface area contributed by atoms with Gasteiger partial charge in [-0.3, -0.25) is 0 Å². The monoisotopic (exact) mass is 260 g/mol. The van der Waals surface area contributed by atoms with E-state index in [0.29, 0.717) is 0 Å². The van der Waals surface area contributed by atoms with Gasteiger partial charge in [-0.05, 0) is 0 Å². The lowest BCUT2D eigenvalue weighted by Crippen LogP contribution is -1.78. The van der Waals surface area contributed by atoms with Gasteiger partial charge < -0.3 is 4.74 Å². The number of nitriles is 1. The van der Waals surface area contributed by atoms with Gasteiger partial charge in [0.05, 0.1) is 0 Å². The molecule has 0 atom stereocenters. The number of isocyanates is 1. The molecule has 0 aliphatic carbocycles. The molecule has 0 rings (SSSR count). The molecule has 10 heavy (non-hydrogen) atoms. The van der Waals surface area contributed by atoms with Crippen molar-refractivity contribution in [3.8, 4) is 6.26 Å². The van der Waals surface area contributed by atoms with Crippen LogP contribution >= 0.6 is 24.0 Å². The zero-order valence-electron chi connectivity index (χ0n) is 3.83. The molecular weight excluding hydrogens is 247 g/mol. The van der Waals surface area contributed by atoms with E-state index in [0.717, 1.165) is 0 Å². The predicted molar refractivity (Wildman–Crippen MR) is 50.7 cm³/mol. The van der Waals surface area contributed by atoms with E-state index in [1.807, 2.05) is 0 Å². The van der Waals surface area contributed by atoms with Crippen molar-refractivity contribution in [2.45, 2.75) is 14.9 Å². The quantitative estimate of drug-likeness (QED) is 0.250. The minimum atomic E-state index is -0.222. The van der Waals surface area contributed by atoms with Gasteiger partial charge in [0.25, 0.3) is 6.26 Å². The highest BCUT2D eigenvalue weighted by atomic mass is 127. The van der Waals surface area contributed by atoms with E-state index in [2.05, 4.69) is 9.73 Å². The Labute approximate surface area is 79.4 Å². The summed E-state index contributed by atoms with van der Waals surface area (Å²) in [4.78, 5) is 12.1. The van der Waals surface area contributed by atoms with Gasteiger partial charge in [0, 0.05) is 1.43 Å². The Morgan fingerprint density at radius 3 is 2.40 bits per heavy atom. The molecule has 5 heteroatoms. The lowest BCUT2D eigenvalue weighted by molar-refractivity contribution is 0.282. The van der Waals surface area contributed by atoms with Crippen LogP contribution in [0.3, 0.4) is 0 Å². The van der Waals surface area contributed by atoms with Crippen molar-refractivity contribution in [2.75, 3.05) is 6.73 Å². The molecule has 0 spiro atoms. The van der Waals surface area contributed by atoms with Crippen LogP contribution in [0.15, 0.2) is 4.99 Å². The highest BCUT2D eigenvalue weighted by molar-refractivity contribution is 14.0. The number of rotatable bonds is 2. The molecule has 4 nitrogen and oxygen atoms in total. The van der Waals surface area contributed by atoms with E-state index < -0.39 is 0 Å². The molecule has 0 N–H and O–H groups in total. The van der Waals surface area contributed by atoms with Crippen LogP contribution in [-0.4, -0.2) is 12.8 Å². The first-order chi connectivity index (χ1) is 3.41. The van der Waals surface area contributed by atoms with E-state index in [9.17, 15) is 4.79 Å². The molecule has 0 aliphatic heterocycles. The molecule has 0 saturated heterocycles. The number of nitrogens with zero attached hydrogens (tertiary/aromatic N) is 2. The standard InChI is InChI=1S/C3H2N2O2.2CH4.HI.H2/c4-1-7-3-5-2-6;;;;/h3H2;2*1H4;2*1H. The third kappa shape index (κ3) is 26.2. The Morgan fingerprint density at radius 1 is 1.60 bits per heavy atom. The predicted octanol–water partition coefficient (Wildman–Crippen LogP) is 1.91. The molecule has 62 valence electrons. The Kier molecular flexibility index (Phi) is 54.0. The summed E-state index contributed by atoms with van der Waals surface area (Å²) in [6.45, 7) is -0.222. The van der Waals surface area contributed by atoms with Crippen LogP contribution in [0.2, 0.25) is 0 Å². The van der Waals surface area contributed by atoms with Crippen molar-refractivity contribution in [3.05, 3.63) is 0 Å². The average Bonchev–Trinajstić information content (AvgIpc) is 1.69. The first-order valence-corrected chi connectivity index (χ1v) is 1.46. The summed E-state index contributed by atoms with van der Waals surface area (Å²) in [5.41, 5.74) is 0. The molecule has 0 aliphatic rings. The second-order valence-corrected chi connectivity index (χ2v) is 0.614. The van der Waals surface area contributed by atoms with Crippen LogP contribution in [-0.2, 0) is 9.53 Å². The molecule has 0 saturated carbocycles. The summed E-state index contributed by atoms with van der Waals surface area (Å²) in [5, 5.41) is 7.63. The summed E-state index contributed by atoms with van der Waals surface area (Å²) >= 11 is 0. The minimum absolute atomic E-state index is 0. The first-order valence-electron chi connectivity index (χ1n) is 1.46. The van der Waals surface area contributed by atoms with Crippen molar-refractivity contribution in [1.82, 2.24) is 0 Å². The Balaban J connectivity index is -0.0000000300. The van der Waals surface area contributed by atoms with Crippen LogP contribution < -0.4 is 0 Å². The summed E-state index contributed by atoms with van der Waals surface area (Å²) in [6.07, 6.45) is 2.53.